The molecular formula is C20H21FN4O2. The number of aryl methyl sites for hydroxylation is 1. The number of rotatable bonds is 3. The number of nitrogens with one attached hydrogen (secondary N) is 4. The number of amides is 2. The Bertz CT molecular complexity index is 971. The molecule has 4 rings (SSSR count). The second-order valence-electron chi connectivity index (χ2n) is 7.00. The molecule has 1 saturated heterocycles. The van der Waals surface area contributed by atoms with Gasteiger partial charge in [-0.15, -0.1) is 0 Å². The van der Waals surface area contributed by atoms with Crippen molar-refractivity contribution in [2.75, 3.05) is 17.2 Å². The van der Waals surface area contributed by atoms with Gasteiger partial charge in [-0.05, 0) is 63.1 Å². The minimum atomic E-state index is -0.396. The summed E-state index contributed by atoms with van der Waals surface area (Å²) in [6.45, 7) is 4.60. The third-order valence-corrected chi connectivity index (χ3v) is 5.15. The number of anilines is 2. The summed E-state index contributed by atoms with van der Waals surface area (Å²) < 4.78 is 13.6. The number of benzene rings is 1. The number of H-pyrrole nitrogens is 1. The van der Waals surface area contributed by atoms with E-state index in [1.54, 1.807) is 12.1 Å². The maximum Gasteiger partial charge on any atom is 0.256 e. The summed E-state index contributed by atoms with van der Waals surface area (Å²) in [7, 11) is 0. The van der Waals surface area contributed by atoms with Crippen molar-refractivity contribution in [3.05, 3.63) is 46.5 Å². The highest BCUT2D eigenvalue weighted by atomic mass is 19.1. The first-order valence-electron chi connectivity index (χ1n) is 9.00. The zero-order valence-electron chi connectivity index (χ0n) is 15.2. The van der Waals surface area contributed by atoms with Crippen LogP contribution in [-0.2, 0) is 9.59 Å². The molecule has 0 aliphatic carbocycles. The number of carbonyl (C=O) groups is 2. The van der Waals surface area contributed by atoms with Gasteiger partial charge in [-0.2, -0.15) is 0 Å². The number of halogens is 1. The number of carbonyl (C=O) groups excluding carboxylic acids is 2. The number of hydrogen-bond acceptors (Lipinski definition) is 3. The van der Waals surface area contributed by atoms with Crippen molar-refractivity contribution in [2.45, 2.75) is 32.7 Å². The predicted octanol–water partition coefficient (Wildman–Crippen LogP) is 2.95. The van der Waals surface area contributed by atoms with E-state index >= 15 is 0 Å². The zero-order valence-corrected chi connectivity index (χ0v) is 15.2. The van der Waals surface area contributed by atoms with E-state index in [0.29, 0.717) is 22.5 Å². The van der Waals surface area contributed by atoms with Gasteiger partial charge in [0.2, 0.25) is 5.91 Å². The standard InChI is InChI=1S/C20H21FN4O2/c1-10-17(9-14-13-8-12(21)5-6-15(13)24-19(14)26)23-11(2)18(10)25-20(27)16-4-3-7-22-16/h5-6,8-9,16,22-23H,3-4,7H2,1-2H3,(H,24,26)(H,25,27)/t16-/m1/s1. The maximum absolute atomic E-state index is 13.6. The van der Waals surface area contributed by atoms with Crippen LogP contribution >= 0.6 is 0 Å². The van der Waals surface area contributed by atoms with Crippen LogP contribution in [-0.4, -0.2) is 29.4 Å². The van der Waals surface area contributed by atoms with Gasteiger partial charge in [0.05, 0.1) is 17.3 Å². The van der Waals surface area contributed by atoms with Crippen molar-refractivity contribution >= 4 is 34.8 Å². The van der Waals surface area contributed by atoms with Gasteiger partial charge in [0.15, 0.2) is 0 Å². The third-order valence-electron chi connectivity index (χ3n) is 5.15. The molecule has 0 radical (unpaired) electrons. The first kappa shape index (κ1) is 17.5. The first-order chi connectivity index (χ1) is 12.9. The first-order valence-corrected chi connectivity index (χ1v) is 9.00. The largest absolute Gasteiger partial charge is 0.357 e. The summed E-state index contributed by atoms with van der Waals surface area (Å²) >= 11 is 0. The van der Waals surface area contributed by atoms with Crippen molar-refractivity contribution in [1.82, 2.24) is 10.3 Å². The highest BCUT2D eigenvalue weighted by Crippen LogP contribution is 2.35. The van der Waals surface area contributed by atoms with Crippen LogP contribution in [0, 0.1) is 19.7 Å². The summed E-state index contributed by atoms with van der Waals surface area (Å²) in [6, 6.07) is 4.04. The van der Waals surface area contributed by atoms with Crippen molar-refractivity contribution in [3.8, 4) is 0 Å². The van der Waals surface area contributed by atoms with Crippen molar-refractivity contribution in [1.29, 1.82) is 0 Å². The second-order valence-corrected chi connectivity index (χ2v) is 7.00. The van der Waals surface area contributed by atoms with Gasteiger partial charge in [0.25, 0.3) is 5.91 Å². The van der Waals surface area contributed by atoms with Gasteiger partial charge in [-0.25, -0.2) is 4.39 Å². The molecular weight excluding hydrogens is 347 g/mol. The van der Waals surface area contributed by atoms with Gasteiger partial charge >= 0.3 is 0 Å². The molecule has 0 bridgehead atoms. The molecule has 2 aromatic rings. The van der Waals surface area contributed by atoms with Crippen LogP contribution in [0.1, 0.15) is 35.4 Å². The molecule has 2 aliphatic rings. The summed E-state index contributed by atoms with van der Waals surface area (Å²) in [5, 5.41) is 8.90. The summed E-state index contributed by atoms with van der Waals surface area (Å²) in [4.78, 5) is 27.9. The van der Waals surface area contributed by atoms with Gasteiger partial charge in [-0.3, -0.25) is 9.59 Å². The smallest absolute Gasteiger partial charge is 0.256 e. The lowest BCUT2D eigenvalue weighted by Crippen LogP contribution is -2.35. The normalized spacial score (nSPS) is 20.0. The fourth-order valence-corrected chi connectivity index (χ4v) is 3.67. The quantitative estimate of drug-likeness (QED) is 0.629. The van der Waals surface area contributed by atoms with E-state index in [1.807, 2.05) is 13.8 Å². The topological polar surface area (TPSA) is 86.0 Å². The highest BCUT2D eigenvalue weighted by molar-refractivity contribution is 6.34. The highest BCUT2D eigenvalue weighted by Gasteiger charge is 2.26. The van der Waals surface area contributed by atoms with Crippen LogP contribution in [0.15, 0.2) is 18.2 Å². The third kappa shape index (κ3) is 3.14. The lowest BCUT2D eigenvalue weighted by atomic mass is 10.0. The van der Waals surface area contributed by atoms with E-state index in [4.69, 9.17) is 0 Å². The fourth-order valence-electron chi connectivity index (χ4n) is 3.67. The summed E-state index contributed by atoms with van der Waals surface area (Å²) in [6.07, 6.45) is 3.52. The average Bonchev–Trinajstić information content (AvgIpc) is 3.32. The molecule has 0 saturated carbocycles. The Morgan fingerprint density at radius 3 is 2.89 bits per heavy atom. The van der Waals surface area contributed by atoms with E-state index < -0.39 is 5.82 Å². The molecule has 4 N–H and O–H groups in total. The molecule has 6 nitrogen and oxygen atoms in total. The molecule has 0 unspecified atom stereocenters. The minimum absolute atomic E-state index is 0.0528. The predicted molar refractivity (Wildman–Crippen MR) is 103 cm³/mol. The molecule has 1 fully saturated rings. The summed E-state index contributed by atoms with van der Waals surface area (Å²) in [5.74, 6) is -0.724. The van der Waals surface area contributed by atoms with E-state index in [1.165, 1.54) is 12.1 Å². The number of hydrogen-bond donors (Lipinski definition) is 4. The number of aromatic amines is 1. The van der Waals surface area contributed by atoms with Crippen molar-refractivity contribution < 1.29 is 14.0 Å². The van der Waals surface area contributed by atoms with E-state index in [-0.39, 0.29) is 17.9 Å². The minimum Gasteiger partial charge on any atom is -0.357 e. The number of fused-ring (bicyclic) bond motifs is 1. The Hall–Kier alpha value is -2.93. The molecule has 1 aromatic heterocycles. The van der Waals surface area contributed by atoms with Gasteiger partial charge in [0.1, 0.15) is 5.82 Å². The Balaban J connectivity index is 1.66. The van der Waals surface area contributed by atoms with E-state index in [0.717, 1.165) is 36.3 Å². The van der Waals surface area contributed by atoms with E-state index in [9.17, 15) is 14.0 Å². The molecule has 7 heteroatoms. The Labute approximate surface area is 156 Å². The molecule has 2 aliphatic heterocycles. The van der Waals surface area contributed by atoms with Gasteiger partial charge in [-0.1, -0.05) is 0 Å². The van der Waals surface area contributed by atoms with Crippen LogP contribution < -0.4 is 16.0 Å². The molecule has 0 spiro atoms. The van der Waals surface area contributed by atoms with E-state index in [2.05, 4.69) is 20.9 Å². The Morgan fingerprint density at radius 1 is 1.33 bits per heavy atom. The van der Waals surface area contributed by atoms with Crippen LogP contribution in [0.2, 0.25) is 0 Å². The molecule has 27 heavy (non-hydrogen) atoms. The molecule has 3 heterocycles. The molecule has 1 aromatic carbocycles. The molecule has 1 atom stereocenters. The van der Waals surface area contributed by atoms with Crippen LogP contribution in [0.4, 0.5) is 15.8 Å². The van der Waals surface area contributed by atoms with Crippen LogP contribution in [0.3, 0.4) is 0 Å². The fraction of sp³-hybridized carbons (Fsp3) is 0.300. The Morgan fingerprint density at radius 2 is 2.15 bits per heavy atom. The molecule has 2 amide bonds. The van der Waals surface area contributed by atoms with Crippen molar-refractivity contribution in [3.63, 3.8) is 0 Å². The van der Waals surface area contributed by atoms with Crippen molar-refractivity contribution in [2.24, 2.45) is 0 Å². The maximum atomic E-state index is 13.6. The Kier molecular flexibility index (Phi) is 4.31. The monoisotopic (exact) mass is 368 g/mol. The van der Waals surface area contributed by atoms with Crippen LogP contribution in [0.5, 0.6) is 0 Å². The van der Waals surface area contributed by atoms with Crippen LogP contribution in [0.25, 0.3) is 11.6 Å². The van der Waals surface area contributed by atoms with Gasteiger partial charge < -0.3 is 20.9 Å². The second kappa shape index (κ2) is 6.66. The van der Waals surface area contributed by atoms with Gasteiger partial charge in [0, 0.05) is 22.6 Å². The average molecular weight is 368 g/mol. The summed E-state index contributed by atoms with van der Waals surface area (Å²) in [5.41, 5.74) is 4.60. The molecule has 140 valence electrons. The lowest BCUT2D eigenvalue weighted by Gasteiger charge is -2.11. The SMILES string of the molecule is Cc1[nH]c(C=C2C(=O)Nc3ccc(F)cc32)c(C)c1NC(=O)[C@H]1CCCN1. The number of aromatic nitrogens is 1. The lowest BCUT2D eigenvalue weighted by molar-refractivity contribution is -0.117. The zero-order chi connectivity index (χ0) is 19.1.